The van der Waals surface area contributed by atoms with Crippen molar-refractivity contribution in [2.75, 3.05) is 18.0 Å². The van der Waals surface area contributed by atoms with Gasteiger partial charge in [-0.25, -0.2) is 0 Å². The Morgan fingerprint density at radius 2 is 1.76 bits per heavy atom. The molecule has 2 N–H and O–H groups in total. The second kappa shape index (κ2) is 6.94. The lowest BCUT2D eigenvalue weighted by atomic mass is 10.1. The highest BCUT2D eigenvalue weighted by molar-refractivity contribution is 5.94. The summed E-state index contributed by atoms with van der Waals surface area (Å²) in [5.74, 6) is 0.407. The molecule has 1 saturated heterocycles. The largest absolute Gasteiger partial charge is 0.393 e. The zero-order chi connectivity index (χ0) is 15.4. The number of rotatable bonds is 4. The number of aliphatic hydroxyl groups is 1. The van der Waals surface area contributed by atoms with Gasteiger partial charge in [-0.2, -0.15) is 0 Å². The number of benzene rings is 1. The number of hydrogen-bond acceptors (Lipinski definition) is 3. The molecule has 0 aliphatic carbocycles. The standard InChI is InChI=1S/C17H26N2O2/c1-12(2)13(3)18-17(21)14-4-6-15(7-5-14)19-10-8-16(20)9-11-19/h4-7,12-13,16,20H,8-11H2,1-3H3,(H,18,21). The van der Waals surface area contributed by atoms with E-state index < -0.39 is 0 Å². The maximum absolute atomic E-state index is 12.1. The molecule has 1 atom stereocenters. The van der Waals surface area contributed by atoms with Crippen LogP contribution in [0.4, 0.5) is 5.69 Å². The first kappa shape index (κ1) is 15.8. The molecule has 0 aromatic heterocycles. The summed E-state index contributed by atoms with van der Waals surface area (Å²) in [6.07, 6.45) is 1.46. The SMILES string of the molecule is CC(C)C(C)NC(=O)c1ccc(N2CCC(O)CC2)cc1. The second-order valence-electron chi connectivity index (χ2n) is 6.27. The van der Waals surface area contributed by atoms with Crippen LogP contribution in [0.1, 0.15) is 44.0 Å². The van der Waals surface area contributed by atoms with E-state index in [4.69, 9.17) is 0 Å². The molecule has 1 aromatic rings. The number of anilines is 1. The Morgan fingerprint density at radius 1 is 1.19 bits per heavy atom. The van der Waals surface area contributed by atoms with E-state index in [1.807, 2.05) is 31.2 Å². The molecule has 116 valence electrons. The van der Waals surface area contributed by atoms with Crippen LogP contribution in [0.5, 0.6) is 0 Å². The van der Waals surface area contributed by atoms with Gasteiger partial charge in [-0.3, -0.25) is 4.79 Å². The van der Waals surface area contributed by atoms with Gasteiger partial charge in [0, 0.05) is 30.4 Å². The van der Waals surface area contributed by atoms with Crippen LogP contribution in [-0.2, 0) is 0 Å². The Morgan fingerprint density at radius 3 is 2.29 bits per heavy atom. The quantitative estimate of drug-likeness (QED) is 0.895. The zero-order valence-electron chi connectivity index (χ0n) is 13.2. The number of nitrogens with zero attached hydrogens (tertiary/aromatic N) is 1. The Labute approximate surface area is 127 Å². The van der Waals surface area contributed by atoms with Crippen molar-refractivity contribution in [2.24, 2.45) is 5.92 Å². The minimum Gasteiger partial charge on any atom is -0.393 e. The van der Waals surface area contributed by atoms with Crippen LogP contribution in [0, 0.1) is 5.92 Å². The van der Waals surface area contributed by atoms with Gasteiger partial charge < -0.3 is 15.3 Å². The lowest BCUT2D eigenvalue weighted by molar-refractivity contribution is 0.0930. The van der Waals surface area contributed by atoms with Crippen LogP contribution in [0.3, 0.4) is 0 Å². The van der Waals surface area contributed by atoms with Crippen molar-refractivity contribution in [1.82, 2.24) is 5.32 Å². The average Bonchev–Trinajstić information content (AvgIpc) is 2.48. The second-order valence-corrected chi connectivity index (χ2v) is 6.27. The molecule has 1 heterocycles. The van der Waals surface area contributed by atoms with E-state index in [-0.39, 0.29) is 18.1 Å². The van der Waals surface area contributed by atoms with E-state index in [1.54, 1.807) is 0 Å². The summed E-state index contributed by atoms with van der Waals surface area (Å²) < 4.78 is 0. The average molecular weight is 290 g/mol. The number of piperidine rings is 1. The van der Waals surface area contributed by atoms with E-state index in [0.29, 0.717) is 11.5 Å². The van der Waals surface area contributed by atoms with E-state index >= 15 is 0 Å². The number of carbonyl (C=O) groups is 1. The van der Waals surface area contributed by atoms with Crippen LogP contribution in [-0.4, -0.2) is 36.2 Å². The van der Waals surface area contributed by atoms with E-state index in [9.17, 15) is 9.90 Å². The van der Waals surface area contributed by atoms with Crippen molar-refractivity contribution < 1.29 is 9.90 Å². The molecule has 1 aliphatic rings. The summed E-state index contributed by atoms with van der Waals surface area (Å²) in [5.41, 5.74) is 1.82. The van der Waals surface area contributed by atoms with Gasteiger partial charge >= 0.3 is 0 Å². The van der Waals surface area contributed by atoms with Gasteiger partial charge in [0.05, 0.1) is 6.10 Å². The van der Waals surface area contributed by atoms with E-state index in [2.05, 4.69) is 24.1 Å². The normalized spacial score (nSPS) is 17.9. The summed E-state index contributed by atoms with van der Waals surface area (Å²) in [6.45, 7) is 7.96. The van der Waals surface area contributed by atoms with Gasteiger partial charge in [-0.15, -0.1) is 0 Å². The molecular formula is C17H26N2O2. The number of amides is 1. The zero-order valence-corrected chi connectivity index (χ0v) is 13.2. The molecule has 0 spiro atoms. The lowest BCUT2D eigenvalue weighted by Crippen LogP contribution is -2.36. The maximum Gasteiger partial charge on any atom is 0.251 e. The fourth-order valence-corrected chi connectivity index (χ4v) is 2.40. The summed E-state index contributed by atoms with van der Waals surface area (Å²) in [7, 11) is 0. The molecule has 1 fully saturated rings. The molecule has 0 bridgehead atoms. The van der Waals surface area contributed by atoms with E-state index in [1.165, 1.54) is 0 Å². The van der Waals surface area contributed by atoms with Crippen molar-refractivity contribution in [2.45, 2.75) is 45.8 Å². The van der Waals surface area contributed by atoms with Gasteiger partial charge in [0.15, 0.2) is 0 Å². The Balaban J connectivity index is 1.97. The van der Waals surface area contributed by atoms with Crippen molar-refractivity contribution in [3.8, 4) is 0 Å². The van der Waals surface area contributed by atoms with Gasteiger partial charge in [-0.05, 0) is 49.9 Å². The molecular weight excluding hydrogens is 264 g/mol. The first-order valence-electron chi connectivity index (χ1n) is 7.81. The summed E-state index contributed by atoms with van der Waals surface area (Å²) >= 11 is 0. The molecule has 4 heteroatoms. The molecule has 21 heavy (non-hydrogen) atoms. The first-order chi connectivity index (χ1) is 9.97. The van der Waals surface area contributed by atoms with Gasteiger partial charge in [0.25, 0.3) is 5.91 Å². The third-order valence-electron chi connectivity index (χ3n) is 4.32. The highest BCUT2D eigenvalue weighted by atomic mass is 16.3. The Kier molecular flexibility index (Phi) is 5.23. The predicted molar refractivity (Wildman–Crippen MR) is 85.7 cm³/mol. The third-order valence-corrected chi connectivity index (χ3v) is 4.32. The molecule has 1 aliphatic heterocycles. The topological polar surface area (TPSA) is 52.6 Å². The van der Waals surface area contributed by atoms with Crippen LogP contribution in [0.25, 0.3) is 0 Å². The number of hydrogen-bond donors (Lipinski definition) is 2. The molecule has 4 nitrogen and oxygen atoms in total. The highest BCUT2D eigenvalue weighted by Crippen LogP contribution is 2.20. The Bertz CT molecular complexity index is 462. The highest BCUT2D eigenvalue weighted by Gasteiger charge is 2.18. The molecule has 1 aromatic carbocycles. The first-order valence-corrected chi connectivity index (χ1v) is 7.81. The maximum atomic E-state index is 12.1. The number of carbonyl (C=O) groups excluding carboxylic acids is 1. The number of aliphatic hydroxyl groups excluding tert-OH is 1. The summed E-state index contributed by atoms with van der Waals surface area (Å²) in [5, 5.41) is 12.6. The van der Waals surface area contributed by atoms with Gasteiger partial charge in [0.2, 0.25) is 0 Å². The molecule has 0 saturated carbocycles. The van der Waals surface area contributed by atoms with Crippen molar-refractivity contribution in [1.29, 1.82) is 0 Å². The van der Waals surface area contributed by atoms with Crippen LogP contribution in [0.15, 0.2) is 24.3 Å². The smallest absolute Gasteiger partial charge is 0.251 e. The van der Waals surface area contributed by atoms with Crippen LogP contribution >= 0.6 is 0 Å². The predicted octanol–water partition coefficient (Wildman–Crippen LogP) is 2.42. The minimum atomic E-state index is -0.163. The fraction of sp³-hybridized carbons (Fsp3) is 0.588. The third kappa shape index (κ3) is 4.21. The van der Waals surface area contributed by atoms with Crippen LogP contribution < -0.4 is 10.2 Å². The van der Waals surface area contributed by atoms with Gasteiger partial charge in [0.1, 0.15) is 0 Å². The number of nitrogens with one attached hydrogen (secondary N) is 1. The lowest BCUT2D eigenvalue weighted by Gasteiger charge is -2.31. The van der Waals surface area contributed by atoms with Crippen molar-refractivity contribution in [3.05, 3.63) is 29.8 Å². The molecule has 0 radical (unpaired) electrons. The van der Waals surface area contributed by atoms with E-state index in [0.717, 1.165) is 31.6 Å². The minimum absolute atomic E-state index is 0.0168. The van der Waals surface area contributed by atoms with Gasteiger partial charge in [-0.1, -0.05) is 13.8 Å². The fourth-order valence-electron chi connectivity index (χ4n) is 2.40. The monoisotopic (exact) mass is 290 g/mol. The summed E-state index contributed by atoms with van der Waals surface area (Å²) in [4.78, 5) is 14.4. The summed E-state index contributed by atoms with van der Waals surface area (Å²) in [6, 6.07) is 7.91. The van der Waals surface area contributed by atoms with Crippen LogP contribution in [0.2, 0.25) is 0 Å². The van der Waals surface area contributed by atoms with Crippen molar-refractivity contribution >= 4 is 11.6 Å². The molecule has 1 unspecified atom stereocenters. The molecule has 2 rings (SSSR count). The Hall–Kier alpha value is -1.55. The van der Waals surface area contributed by atoms with Crippen molar-refractivity contribution in [3.63, 3.8) is 0 Å². The molecule has 1 amide bonds.